The van der Waals surface area contributed by atoms with Gasteiger partial charge in [0.2, 0.25) is 0 Å². The van der Waals surface area contributed by atoms with Crippen LogP contribution < -0.4 is 5.32 Å². The normalized spacial score (nSPS) is 10.4. The Bertz CT molecular complexity index is 425. The van der Waals surface area contributed by atoms with Crippen LogP contribution in [-0.4, -0.2) is 13.2 Å². The van der Waals surface area contributed by atoms with Gasteiger partial charge < -0.3 is 14.5 Å². The summed E-state index contributed by atoms with van der Waals surface area (Å²) in [6.45, 7) is 1.89. The second kappa shape index (κ2) is 6.33. The smallest absolute Gasteiger partial charge is 0.129 e. The summed E-state index contributed by atoms with van der Waals surface area (Å²) in [5.74, 6) is 0.844. The van der Waals surface area contributed by atoms with Crippen LogP contribution in [0.25, 0.3) is 0 Å². The number of benzene rings is 1. The van der Waals surface area contributed by atoms with Gasteiger partial charge in [-0.1, -0.05) is 11.6 Å². The third-order valence-electron chi connectivity index (χ3n) is 2.24. The maximum Gasteiger partial charge on any atom is 0.129 e. The van der Waals surface area contributed by atoms with E-state index in [0.29, 0.717) is 13.2 Å². The molecule has 0 aliphatic heterocycles. The summed E-state index contributed by atoms with van der Waals surface area (Å²) in [5.41, 5.74) is 1.04. The zero-order chi connectivity index (χ0) is 11.9. The Morgan fingerprint density at radius 1 is 1.18 bits per heavy atom. The predicted octanol–water partition coefficient (Wildman–Crippen LogP) is 3.56. The van der Waals surface area contributed by atoms with Crippen molar-refractivity contribution in [2.45, 2.75) is 6.61 Å². The number of anilines is 1. The minimum Gasteiger partial charge on any atom is -0.467 e. The van der Waals surface area contributed by atoms with Crippen LogP contribution in [0.3, 0.4) is 0 Å². The first-order valence-electron chi connectivity index (χ1n) is 5.44. The summed E-state index contributed by atoms with van der Waals surface area (Å²) in [6, 6.07) is 11.3. The van der Waals surface area contributed by atoms with Crippen molar-refractivity contribution in [2.24, 2.45) is 0 Å². The molecule has 17 heavy (non-hydrogen) atoms. The topological polar surface area (TPSA) is 34.4 Å². The minimum atomic E-state index is 0.509. The molecule has 0 aliphatic carbocycles. The Labute approximate surface area is 105 Å². The van der Waals surface area contributed by atoms with Gasteiger partial charge in [0.15, 0.2) is 0 Å². The highest BCUT2D eigenvalue weighted by atomic mass is 35.5. The SMILES string of the molecule is Clc1ccc(NCCOCc2ccco2)cc1. The van der Waals surface area contributed by atoms with Crippen molar-refractivity contribution in [1.29, 1.82) is 0 Å². The van der Waals surface area contributed by atoms with Crippen LogP contribution in [0.4, 0.5) is 5.69 Å². The van der Waals surface area contributed by atoms with Crippen LogP contribution in [0.2, 0.25) is 5.02 Å². The lowest BCUT2D eigenvalue weighted by atomic mass is 10.3. The van der Waals surface area contributed by atoms with Gasteiger partial charge in [-0.2, -0.15) is 0 Å². The summed E-state index contributed by atoms with van der Waals surface area (Å²) < 4.78 is 10.6. The van der Waals surface area contributed by atoms with Gasteiger partial charge in [-0.05, 0) is 36.4 Å². The summed E-state index contributed by atoms with van der Waals surface area (Å²) in [7, 11) is 0. The van der Waals surface area contributed by atoms with Crippen molar-refractivity contribution in [2.75, 3.05) is 18.5 Å². The Hall–Kier alpha value is -1.45. The number of halogens is 1. The highest BCUT2D eigenvalue weighted by Crippen LogP contribution is 2.12. The molecule has 2 rings (SSSR count). The number of rotatable bonds is 6. The molecule has 0 atom stereocenters. The molecule has 0 amide bonds. The fourth-order valence-corrected chi connectivity index (χ4v) is 1.53. The number of hydrogen-bond acceptors (Lipinski definition) is 3. The lowest BCUT2D eigenvalue weighted by molar-refractivity contribution is 0.115. The molecule has 1 aromatic carbocycles. The minimum absolute atomic E-state index is 0.509. The van der Waals surface area contributed by atoms with Crippen molar-refractivity contribution < 1.29 is 9.15 Å². The fraction of sp³-hybridized carbons (Fsp3) is 0.231. The first kappa shape index (κ1) is 12.0. The maximum atomic E-state index is 5.79. The Kier molecular flexibility index (Phi) is 4.47. The number of ether oxygens (including phenoxy) is 1. The van der Waals surface area contributed by atoms with Crippen LogP contribution in [0.5, 0.6) is 0 Å². The largest absolute Gasteiger partial charge is 0.467 e. The van der Waals surface area contributed by atoms with E-state index in [9.17, 15) is 0 Å². The first-order valence-corrected chi connectivity index (χ1v) is 5.82. The highest BCUT2D eigenvalue weighted by Gasteiger charge is 1.95. The fourth-order valence-electron chi connectivity index (χ4n) is 1.40. The molecule has 90 valence electrons. The quantitative estimate of drug-likeness (QED) is 0.797. The summed E-state index contributed by atoms with van der Waals surface area (Å²) in [6.07, 6.45) is 1.64. The van der Waals surface area contributed by atoms with E-state index < -0.39 is 0 Å². The van der Waals surface area contributed by atoms with Crippen LogP contribution in [0.15, 0.2) is 47.1 Å². The molecule has 0 fully saturated rings. The van der Waals surface area contributed by atoms with Gasteiger partial charge in [0, 0.05) is 17.3 Å². The Balaban J connectivity index is 1.61. The second-order valence-electron chi connectivity index (χ2n) is 3.57. The zero-order valence-corrected chi connectivity index (χ0v) is 10.1. The molecule has 0 aliphatic rings. The number of nitrogens with one attached hydrogen (secondary N) is 1. The van der Waals surface area contributed by atoms with Crippen molar-refractivity contribution in [1.82, 2.24) is 0 Å². The van der Waals surface area contributed by atoms with E-state index in [0.717, 1.165) is 23.0 Å². The van der Waals surface area contributed by atoms with E-state index in [2.05, 4.69) is 5.32 Å². The lowest BCUT2D eigenvalue weighted by Crippen LogP contribution is -2.08. The van der Waals surface area contributed by atoms with Crippen molar-refractivity contribution in [3.8, 4) is 0 Å². The molecule has 0 unspecified atom stereocenters. The average Bonchev–Trinajstić information content (AvgIpc) is 2.84. The molecular formula is C13H14ClNO2. The molecule has 1 aromatic heterocycles. The van der Waals surface area contributed by atoms with Gasteiger partial charge in [0.05, 0.1) is 12.9 Å². The molecule has 0 radical (unpaired) electrons. The molecule has 1 heterocycles. The van der Waals surface area contributed by atoms with Crippen LogP contribution in [0, 0.1) is 0 Å². The van der Waals surface area contributed by atoms with Crippen molar-refractivity contribution >= 4 is 17.3 Å². The van der Waals surface area contributed by atoms with E-state index in [1.807, 2.05) is 36.4 Å². The summed E-state index contributed by atoms with van der Waals surface area (Å²) in [5, 5.41) is 3.98. The van der Waals surface area contributed by atoms with Crippen molar-refractivity contribution in [3.05, 3.63) is 53.4 Å². The van der Waals surface area contributed by atoms with Gasteiger partial charge in [-0.15, -0.1) is 0 Å². The first-order chi connectivity index (χ1) is 8.34. The molecule has 2 aromatic rings. The van der Waals surface area contributed by atoms with Crippen LogP contribution >= 0.6 is 11.6 Å². The summed E-state index contributed by atoms with van der Waals surface area (Å²) >= 11 is 5.79. The number of furan rings is 1. The van der Waals surface area contributed by atoms with Crippen LogP contribution in [0.1, 0.15) is 5.76 Å². The van der Waals surface area contributed by atoms with E-state index in [-0.39, 0.29) is 0 Å². The molecule has 0 spiro atoms. The Morgan fingerprint density at radius 2 is 2.00 bits per heavy atom. The standard InChI is InChI=1S/C13H14ClNO2/c14-11-3-5-12(6-4-11)15-7-9-16-10-13-2-1-8-17-13/h1-6,8,15H,7,9-10H2. The third kappa shape index (κ3) is 4.13. The monoisotopic (exact) mass is 251 g/mol. The summed E-state index contributed by atoms with van der Waals surface area (Å²) in [4.78, 5) is 0. The van der Waals surface area contributed by atoms with Gasteiger partial charge in [0.1, 0.15) is 12.4 Å². The number of hydrogen-bond donors (Lipinski definition) is 1. The van der Waals surface area contributed by atoms with Crippen molar-refractivity contribution in [3.63, 3.8) is 0 Å². The molecule has 0 bridgehead atoms. The van der Waals surface area contributed by atoms with E-state index in [1.165, 1.54) is 0 Å². The third-order valence-corrected chi connectivity index (χ3v) is 2.50. The highest BCUT2D eigenvalue weighted by molar-refractivity contribution is 6.30. The van der Waals surface area contributed by atoms with E-state index >= 15 is 0 Å². The molecule has 0 saturated heterocycles. The van der Waals surface area contributed by atoms with Gasteiger partial charge in [-0.3, -0.25) is 0 Å². The molecule has 4 heteroatoms. The Morgan fingerprint density at radius 3 is 2.71 bits per heavy atom. The van der Waals surface area contributed by atoms with E-state index in [4.69, 9.17) is 20.8 Å². The lowest BCUT2D eigenvalue weighted by Gasteiger charge is -2.06. The predicted molar refractivity (Wildman–Crippen MR) is 68.3 cm³/mol. The molecule has 1 N–H and O–H groups in total. The average molecular weight is 252 g/mol. The maximum absolute atomic E-state index is 5.79. The van der Waals surface area contributed by atoms with Crippen LogP contribution in [-0.2, 0) is 11.3 Å². The van der Waals surface area contributed by atoms with Gasteiger partial charge in [-0.25, -0.2) is 0 Å². The van der Waals surface area contributed by atoms with Gasteiger partial charge >= 0.3 is 0 Å². The molecule has 0 saturated carbocycles. The van der Waals surface area contributed by atoms with E-state index in [1.54, 1.807) is 6.26 Å². The second-order valence-corrected chi connectivity index (χ2v) is 4.00. The molecular weight excluding hydrogens is 238 g/mol. The zero-order valence-electron chi connectivity index (χ0n) is 9.36. The van der Waals surface area contributed by atoms with Gasteiger partial charge in [0.25, 0.3) is 0 Å². The molecule has 3 nitrogen and oxygen atoms in total.